The van der Waals surface area contributed by atoms with E-state index in [1.807, 2.05) is 0 Å². The Balaban J connectivity index is 1.54. The van der Waals surface area contributed by atoms with Crippen molar-refractivity contribution in [2.75, 3.05) is 11.9 Å². The molecule has 1 saturated carbocycles. The van der Waals surface area contributed by atoms with Crippen LogP contribution in [-0.2, 0) is 10.4 Å². The number of nitrogens with zero attached hydrogens (tertiary/aromatic N) is 1. The maximum absolute atomic E-state index is 12.4. The lowest BCUT2D eigenvalue weighted by Gasteiger charge is -2.18. The number of hydrogen-bond donors (Lipinski definition) is 4. The van der Waals surface area contributed by atoms with E-state index in [1.165, 1.54) is 6.08 Å². The van der Waals surface area contributed by atoms with Crippen LogP contribution in [0.4, 0.5) is 5.69 Å². The first-order valence-corrected chi connectivity index (χ1v) is 9.86. The fourth-order valence-electron chi connectivity index (χ4n) is 3.02. The van der Waals surface area contributed by atoms with Crippen LogP contribution in [0.3, 0.4) is 0 Å². The Hall–Kier alpha value is -3.39. The summed E-state index contributed by atoms with van der Waals surface area (Å²) in [6.45, 7) is 3.89. The lowest BCUT2D eigenvalue weighted by Crippen LogP contribution is -2.18. The summed E-state index contributed by atoms with van der Waals surface area (Å²) in [5.41, 5.74) is 1.37. The quantitative estimate of drug-likeness (QED) is 0.448. The van der Waals surface area contributed by atoms with Crippen molar-refractivity contribution in [3.8, 4) is 5.88 Å². The molecule has 2 heterocycles. The molecule has 4 N–H and O–H groups in total. The summed E-state index contributed by atoms with van der Waals surface area (Å²) in [6.07, 6.45) is 5.30. The van der Waals surface area contributed by atoms with E-state index in [0.29, 0.717) is 46.4 Å². The van der Waals surface area contributed by atoms with Crippen LogP contribution in [0.2, 0.25) is 0 Å². The van der Waals surface area contributed by atoms with Crippen LogP contribution >= 0.6 is 0 Å². The minimum atomic E-state index is -1.09. The molecule has 0 spiro atoms. The zero-order valence-electron chi connectivity index (χ0n) is 16.9. The number of imidazole rings is 1. The third-order valence-corrected chi connectivity index (χ3v) is 4.89. The molecule has 0 radical (unpaired) electrons. The van der Waals surface area contributed by atoms with Crippen molar-refractivity contribution >= 4 is 28.7 Å². The van der Waals surface area contributed by atoms with Crippen LogP contribution in [0.25, 0.3) is 17.1 Å². The van der Waals surface area contributed by atoms with Gasteiger partial charge in [0.1, 0.15) is 5.60 Å². The average Bonchev–Trinajstić information content (AvgIpc) is 3.43. The first-order chi connectivity index (χ1) is 14.3. The van der Waals surface area contributed by atoms with Crippen LogP contribution in [0.5, 0.6) is 5.88 Å². The Morgan fingerprint density at radius 3 is 2.83 bits per heavy atom. The van der Waals surface area contributed by atoms with E-state index in [0.717, 1.165) is 12.8 Å². The second kappa shape index (κ2) is 7.79. The topological polar surface area (TPSA) is 120 Å². The maximum atomic E-state index is 12.4. The lowest BCUT2D eigenvalue weighted by atomic mass is 10.0. The molecule has 4 rings (SSSR count). The van der Waals surface area contributed by atoms with Gasteiger partial charge >= 0.3 is 5.69 Å². The summed E-state index contributed by atoms with van der Waals surface area (Å²) in [5, 5.41) is 13.0. The highest BCUT2D eigenvalue weighted by atomic mass is 16.5. The number of hydrogen-bond acceptors (Lipinski definition) is 5. The molecule has 30 heavy (non-hydrogen) atoms. The summed E-state index contributed by atoms with van der Waals surface area (Å²) >= 11 is 0. The van der Waals surface area contributed by atoms with E-state index in [2.05, 4.69) is 20.3 Å². The Kier molecular flexibility index (Phi) is 5.17. The van der Waals surface area contributed by atoms with E-state index in [9.17, 15) is 14.7 Å². The highest BCUT2D eigenvalue weighted by Gasteiger charge is 2.24. The first kappa shape index (κ1) is 19.9. The fraction of sp³-hybridized carbons (Fsp3) is 0.318. The van der Waals surface area contributed by atoms with Gasteiger partial charge in [0.25, 0.3) is 0 Å². The van der Waals surface area contributed by atoms with Gasteiger partial charge in [0.05, 0.1) is 29.0 Å². The maximum Gasteiger partial charge on any atom is 0.323 e. The molecule has 1 aliphatic rings. The summed E-state index contributed by atoms with van der Waals surface area (Å²) < 4.78 is 5.86. The smallest absolute Gasteiger partial charge is 0.323 e. The van der Waals surface area contributed by atoms with E-state index in [4.69, 9.17) is 4.74 Å². The Morgan fingerprint density at radius 2 is 2.10 bits per heavy atom. The zero-order valence-corrected chi connectivity index (χ0v) is 16.9. The summed E-state index contributed by atoms with van der Waals surface area (Å²) in [6, 6.07) is 8.69. The molecule has 156 valence electrons. The van der Waals surface area contributed by atoms with Crippen LogP contribution in [0.1, 0.15) is 37.9 Å². The summed E-state index contributed by atoms with van der Waals surface area (Å²) in [7, 11) is 0. The standard InChI is InChI=1S/C22H24N4O4/c1-22(2,29)17-10-8-14(20(25-17)30-12-13-6-7-13)9-11-18(27)23-15-4-3-5-16-19(15)26-21(28)24-16/h3-5,8-11,13,29H,6-7,12H2,1-2H3,(H,23,27)(H2,24,26,28)/b11-9+. The number of carbonyl (C=O) groups excluding carboxylic acids is 1. The third-order valence-electron chi connectivity index (χ3n) is 4.89. The number of nitrogens with one attached hydrogen (secondary N) is 3. The second-order valence-electron chi connectivity index (χ2n) is 8.03. The van der Waals surface area contributed by atoms with Gasteiger partial charge < -0.3 is 25.1 Å². The minimum Gasteiger partial charge on any atom is -0.477 e. The number of amides is 1. The van der Waals surface area contributed by atoms with Crippen LogP contribution in [0.15, 0.2) is 41.2 Å². The van der Waals surface area contributed by atoms with Gasteiger partial charge in [-0.3, -0.25) is 4.79 Å². The number of para-hydroxylation sites is 1. The number of benzene rings is 1. The predicted octanol–water partition coefficient (Wildman–Crippen LogP) is 2.92. The molecule has 8 nitrogen and oxygen atoms in total. The van der Waals surface area contributed by atoms with Gasteiger partial charge in [0.2, 0.25) is 11.8 Å². The van der Waals surface area contributed by atoms with Crippen molar-refractivity contribution in [2.45, 2.75) is 32.3 Å². The van der Waals surface area contributed by atoms with Gasteiger partial charge in [-0.2, -0.15) is 0 Å². The zero-order chi connectivity index (χ0) is 21.3. The molecule has 0 unspecified atom stereocenters. The molecule has 1 amide bonds. The van der Waals surface area contributed by atoms with Crippen molar-refractivity contribution in [3.63, 3.8) is 0 Å². The molecular weight excluding hydrogens is 384 g/mol. The molecule has 8 heteroatoms. The minimum absolute atomic E-state index is 0.335. The van der Waals surface area contributed by atoms with Gasteiger partial charge in [0, 0.05) is 11.6 Å². The fourth-order valence-corrected chi connectivity index (χ4v) is 3.02. The lowest BCUT2D eigenvalue weighted by molar-refractivity contribution is -0.111. The number of pyridine rings is 1. The molecule has 2 aromatic heterocycles. The number of aliphatic hydroxyl groups is 1. The number of aromatic nitrogens is 3. The average molecular weight is 408 g/mol. The highest BCUT2D eigenvalue weighted by molar-refractivity contribution is 6.06. The van der Waals surface area contributed by atoms with Gasteiger partial charge in [-0.1, -0.05) is 6.07 Å². The predicted molar refractivity (Wildman–Crippen MR) is 114 cm³/mol. The normalized spacial score (nSPS) is 14.4. The Morgan fingerprint density at radius 1 is 1.30 bits per heavy atom. The number of carbonyl (C=O) groups is 1. The number of H-pyrrole nitrogens is 2. The number of fused-ring (bicyclic) bond motifs is 1. The number of rotatable bonds is 7. The largest absolute Gasteiger partial charge is 0.477 e. The Bertz CT molecular complexity index is 1170. The molecule has 1 aliphatic carbocycles. The Labute approximate surface area is 173 Å². The SMILES string of the molecule is CC(C)(O)c1ccc(/C=C/C(=O)Nc2cccc3[nH]c(=O)[nH]c23)c(OCC2CC2)n1. The number of aromatic amines is 2. The molecule has 1 fully saturated rings. The molecule has 0 aliphatic heterocycles. The molecular formula is C22H24N4O4. The van der Waals surface area contributed by atoms with Gasteiger partial charge in [-0.25, -0.2) is 9.78 Å². The molecule has 3 aromatic rings. The van der Waals surface area contributed by atoms with Crippen molar-refractivity contribution in [3.05, 3.63) is 58.1 Å². The van der Waals surface area contributed by atoms with E-state index < -0.39 is 5.60 Å². The van der Waals surface area contributed by atoms with Gasteiger partial charge in [-0.15, -0.1) is 0 Å². The summed E-state index contributed by atoms with van der Waals surface area (Å²) in [5.74, 6) is 0.577. The molecule has 1 aromatic carbocycles. The third kappa shape index (κ3) is 4.60. The highest BCUT2D eigenvalue weighted by Crippen LogP contribution is 2.31. The van der Waals surface area contributed by atoms with Crippen molar-refractivity contribution in [1.82, 2.24) is 15.0 Å². The van der Waals surface area contributed by atoms with E-state index in [1.54, 1.807) is 50.3 Å². The van der Waals surface area contributed by atoms with Crippen molar-refractivity contribution in [2.24, 2.45) is 5.92 Å². The van der Waals surface area contributed by atoms with Crippen molar-refractivity contribution in [1.29, 1.82) is 0 Å². The first-order valence-electron chi connectivity index (χ1n) is 9.86. The summed E-state index contributed by atoms with van der Waals surface area (Å²) in [4.78, 5) is 33.7. The van der Waals surface area contributed by atoms with Crippen LogP contribution in [-0.4, -0.2) is 32.6 Å². The number of anilines is 1. The van der Waals surface area contributed by atoms with Crippen LogP contribution in [0, 0.1) is 5.92 Å². The van der Waals surface area contributed by atoms with Gasteiger partial charge in [0.15, 0.2) is 0 Å². The van der Waals surface area contributed by atoms with Gasteiger partial charge in [-0.05, 0) is 62.9 Å². The van der Waals surface area contributed by atoms with Crippen LogP contribution < -0.4 is 15.7 Å². The van der Waals surface area contributed by atoms with E-state index >= 15 is 0 Å². The monoisotopic (exact) mass is 408 g/mol. The van der Waals surface area contributed by atoms with E-state index in [-0.39, 0.29) is 11.6 Å². The molecule has 0 bridgehead atoms. The molecule has 0 saturated heterocycles. The van der Waals surface area contributed by atoms with Crippen molar-refractivity contribution < 1.29 is 14.6 Å². The second-order valence-corrected chi connectivity index (χ2v) is 8.03. The number of ether oxygens (including phenoxy) is 1. The molecule has 0 atom stereocenters.